The molecule has 114 valence electrons. The lowest BCUT2D eigenvalue weighted by atomic mass is 9.91. The summed E-state index contributed by atoms with van der Waals surface area (Å²) < 4.78 is 38.4. The van der Waals surface area contributed by atoms with E-state index in [2.05, 4.69) is 5.10 Å². The quantitative estimate of drug-likeness (QED) is 0.618. The summed E-state index contributed by atoms with van der Waals surface area (Å²) in [6.45, 7) is 1.80. The fourth-order valence-corrected chi connectivity index (χ4v) is 2.48. The molecule has 3 N–H and O–H groups in total. The Morgan fingerprint density at radius 3 is 2.67 bits per heavy atom. The number of benzene rings is 1. The van der Waals surface area contributed by atoms with Crippen LogP contribution in [0.1, 0.15) is 30.9 Å². The number of amides is 1. The molecule has 0 radical (unpaired) electrons. The van der Waals surface area contributed by atoms with Crippen LogP contribution >= 0.6 is 0 Å². The van der Waals surface area contributed by atoms with Gasteiger partial charge in [0.25, 0.3) is 0 Å². The fraction of sp³-hybridized carbons (Fsp3) is 0.385. The first-order chi connectivity index (χ1) is 9.79. The number of hydrogen-bond donors (Lipinski definition) is 2. The van der Waals surface area contributed by atoms with Crippen molar-refractivity contribution in [2.75, 3.05) is 4.90 Å². The summed E-state index contributed by atoms with van der Waals surface area (Å²) in [5.74, 6) is 5.26. The Morgan fingerprint density at radius 2 is 2.19 bits per heavy atom. The van der Waals surface area contributed by atoms with Gasteiger partial charge in [-0.2, -0.15) is 18.3 Å². The number of hydrazone groups is 1. The highest BCUT2D eigenvalue weighted by molar-refractivity contribution is 6.10. The monoisotopic (exact) mass is 301 g/mol. The van der Waals surface area contributed by atoms with Crippen molar-refractivity contribution in [1.82, 2.24) is 0 Å². The molecule has 1 aromatic carbocycles. The van der Waals surface area contributed by atoms with Gasteiger partial charge < -0.3 is 10.9 Å². The van der Waals surface area contributed by atoms with Crippen LogP contribution in [-0.2, 0) is 6.18 Å². The van der Waals surface area contributed by atoms with Crippen LogP contribution in [0, 0.1) is 0 Å². The lowest BCUT2D eigenvalue weighted by molar-refractivity contribution is -0.137. The van der Waals surface area contributed by atoms with Crippen LogP contribution in [0.3, 0.4) is 0 Å². The van der Waals surface area contributed by atoms with Crippen molar-refractivity contribution in [1.29, 1.82) is 0 Å². The van der Waals surface area contributed by atoms with E-state index in [1.165, 1.54) is 0 Å². The summed E-state index contributed by atoms with van der Waals surface area (Å²) in [5, 5.41) is 12.8. The van der Waals surface area contributed by atoms with Gasteiger partial charge in [-0.3, -0.25) is 4.90 Å². The Labute approximate surface area is 118 Å². The number of carboxylic acid groups (broad SMARTS) is 1. The lowest BCUT2D eigenvalue weighted by Gasteiger charge is -2.35. The van der Waals surface area contributed by atoms with Crippen molar-refractivity contribution in [3.8, 4) is 0 Å². The minimum Gasteiger partial charge on any atom is -0.465 e. The van der Waals surface area contributed by atoms with Gasteiger partial charge >= 0.3 is 12.3 Å². The van der Waals surface area contributed by atoms with Gasteiger partial charge in [0.1, 0.15) is 0 Å². The maximum atomic E-state index is 12.8. The molecule has 1 amide bonds. The fourth-order valence-electron chi connectivity index (χ4n) is 2.48. The Bertz CT molecular complexity index is 599. The molecule has 0 saturated heterocycles. The van der Waals surface area contributed by atoms with Crippen molar-refractivity contribution in [3.05, 3.63) is 29.3 Å². The second kappa shape index (κ2) is 5.27. The van der Waals surface area contributed by atoms with E-state index in [-0.39, 0.29) is 23.4 Å². The summed E-state index contributed by atoms with van der Waals surface area (Å²) >= 11 is 0. The van der Waals surface area contributed by atoms with Crippen molar-refractivity contribution in [2.45, 2.75) is 32.0 Å². The second-order valence-electron chi connectivity index (χ2n) is 4.72. The number of fused-ring (bicyclic) bond motifs is 1. The highest BCUT2D eigenvalue weighted by Gasteiger charge is 2.37. The summed E-state index contributed by atoms with van der Waals surface area (Å²) in [7, 11) is 0. The van der Waals surface area contributed by atoms with E-state index in [1.54, 1.807) is 6.92 Å². The molecule has 0 fully saturated rings. The van der Waals surface area contributed by atoms with E-state index in [9.17, 15) is 23.1 Å². The molecule has 2 rings (SSSR count). The average Bonchev–Trinajstić information content (AvgIpc) is 2.43. The third kappa shape index (κ3) is 2.65. The molecule has 1 aliphatic rings. The van der Waals surface area contributed by atoms with Crippen LogP contribution < -0.4 is 10.7 Å². The predicted molar refractivity (Wildman–Crippen MR) is 71.4 cm³/mol. The van der Waals surface area contributed by atoms with Crippen LogP contribution in [0.2, 0.25) is 0 Å². The highest BCUT2D eigenvalue weighted by Crippen LogP contribution is 2.37. The molecule has 0 aliphatic carbocycles. The molecule has 1 heterocycles. The SMILES string of the molecule is CCC1CC(=NN)c2cc(C(F)(F)F)ccc2N1C(=O)O. The Balaban J connectivity index is 2.63. The zero-order valence-corrected chi connectivity index (χ0v) is 11.2. The van der Waals surface area contributed by atoms with Gasteiger partial charge in [-0.25, -0.2) is 4.79 Å². The molecule has 0 bridgehead atoms. The minimum atomic E-state index is -4.51. The molecule has 1 atom stereocenters. The third-order valence-corrected chi connectivity index (χ3v) is 3.52. The number of hydrogen-bond acceptors (Lipinski definition) is 3. The van der Waals surface area contributed by atoms with Gasteiger partial charge in [-0.05, 0) is 24.6 Å². The van der Waals surface area contributed by atoms with E-state index < -0.39 is 23.9 Å². The summed E-state index contributed by atoms with van der Waals surface area (Å²) in [4.78, 5) is 12.5. The number of nitrogens with two attached hydrogens (primary N) is 1. The smallest absolute Gasteiger partial charge is 0.416 e. The Hall–Kier alpha value is -2.25. The highest BCUT2D eigenvalue weighted by atomic mass is 19.4. The maximum absolute atomic E-state index is 12.8. The van der Waals surface area contributed by atoms with Crippen molar-refractivity contribution in [2.24, 2.45) is 10.9 Å². The van der Waals surface area contributed by atoms with Gasteiger partial charge in [-0.15, -0.1) is 0 Å². The average molecular weight is 301 g/mol. The third-order valence-electron chi connectivity index (χ3n) is 3.52. The molecular weight excluding hydrogens is 287 g/mol. The van der Waals surface area contributed by atoms with E-state index in [0.717, 1.165) is 23.1 Å². The van der Waals surface area contributed by atoms with E-state index in [4.69, 9.17) is 5.84 Å². The zero-order chi connectivity index (χ0) is 15.8. The number of carbonyl (C=O) groups is 1. The first kappa shape index (κ1) is 15.1. The van der Waals surface area contributed by atoms with Gasteiger partial charge in [-0.1, -0.05) is 6.92 Å². The summed E-state index contributed by atoms with van der Waals surface area (Å²) in [5.41, 5.74) is -0.291. The molecule has 1 aromatic rings. The van der Waals surface area contributed by atoms with E-state index >= 15 is 0 Å². The van der Waals surface area contributed by atoms with E-state index in [1.807, 2.05) is 0 Å². The standard InChI is InChI=1S/C13H14F3N3O2/c1-2-8-6-10(18-17)9-5-7(13(14,15)16)3-4-11(9)19(8)12(20)21/h3-5,8H,2,6,17H2,1H3,(H,20,21). The largest absolute Gasteiger partial charge is 0.465 e. The molecule has 21 heavy (non-hydrogen) atoms. The normalized spacial score (nSPS) is 20.5. The van der Waals surface area contributed by atoms with Crippen LogP contribution in [0.4, 0.5) is 23.7 Å². The summed E-state index contributed by atoms with van der Waals surface area (Å²) in [6, 6.07) is 2.51. The second-order valence-corrected chi connectivity index (χ2v) is 4.72. The minimum absolute atomic E-state index is 0.111. The molecule has 1 aliphatic heterocycles. The molecule has 1 unspecified atom stereocenters. The maximum Gasteiger partial charge on any atom is 0.416 e. The van der Waals surface area contributed by atoms with Crippen molar-refractivity contribution >= 4 is 17.5 Å². The van der Waals surface area contributed by atoms with Crippen LogP contribution in [0.15, 0.2) is 23.3 Å². The molecule has 5 nitrogen and oxygen atoms in total. The van der Waals surface area contributed by atoms with Gasteiger partial charge in [0.05, 0.1) is 17.0 Å². The zero-order valence-electron chi connectivity index (χ0n) is 11.2. The number of rotatable bonds is 1. The topological polar surface area (TPSA) is 78.9 Å². The molecule has 0 spiro atoms. The van der Waals surface area contributed by atoms with Crippen LogP contribution in [0.5, 0.6) is 0 Å². The van der Waals surface area contributed by atoms with E-state index in [0.29, 0.717) is 6.42 Å². The first-order valence-corrected chi connectivity index (χ1v) is 6.30. The van der Waals surface area contributed by atoms with Gasteiger partial charge in [0, 0.05) is 18.0 Å². The Kier molecular flexibility index (Phi) is 3.80. The number of anilines is 1. The van der Waals surface area contributed by atoms with Gasteiger partial charge in [0.15, 0.2) is 0 Å². The summed E-state index contributed by atoms with van der Waals surface area (Å²) in [6.07, 6.45) is -5.03. The molecule has 0 saturated carbocycles. The first-order valence-electron chi connectivity index (χ1n) is 6.30. The number of alkyl halides is 3. The molecular formula is C13H14F3N3O2. The van der Waals surface area contributed by atoms with Crippen LogP contribution in [0.25, 0.3) is 0 Å². The number of nitrogens with zero attached hydrogens (tertiary/aromatic N) is 2. The predicted octanol–water partition coefficient (Wildman–Crippen LogP) is 3.03. The van der Waals surface area contributed by atoms with Crippen molar-refractivity contribution in [3.63, 3.8) is 0 Å². The van der Waals surface area contributed by atoms with Crippen LogP contribution in [-0.4, -0.2) is 23.0 Å². The van der Waals surface area contributed by atoms with Crippen molar-refractivity contribution < 1.29 is 23.1 Å². The molecule has 8 heteroatoms. The van der Waals surface area contributed by atoms with Gasteiger partial charge in [0.2, 0.25) is 0 Å². The Morgan fingerprint density at radius 1 is 1.52 bits per heavy atom. The molecule has 0 aromatic heterocycles. The lowest BCUT2D eigenvalue weighted by Crippen LogP contribution is -2.45. The number of halogens is 3.